The van der Waals surface area contributed by atoms with Gasteiger partial charge in [0.1, 0.15) is 17.7 Å². The number of allylic oxidation sites excluding steroid dienone is 1. The van der Waals surface area contributed by atoms with Crippen LogP contribution >= 0.6 is 23.2 Å². The Morgan fingerprint density at radius 3 is 2.65 bits per heavy atom. The van der Waals surface area contributed by atoms with E-state index in [1.54, 1.807) is 35.1 Å². The van der Waals surface area contributed by atoms with E-state index in [0.29, 0.717) is 35.3 Å². The molecule has 176 valence electrons. The number of anilines is 1. The third-order valence-corrected chi connectivity index (χ3v) is 7.43. The summed E-state index contributed by atoms with van der Waals surface area (Å²) in [6, 6.07) is 13.1. The second kappa shape index (κ2) is 8.73. The normalized spacial score (nSPS) is 22.4. The van der Waals surface area contributed by atoms with Crippen LogP contribution in [0.4, 0.5) is 10.2 Å². The summed E-state index contributed by atoms with van der Waals surface area (Å²) in [4.78, 5) is 16.2. The van der Waals surface area contributed by atoms with E-state index < -0.39 is 11.6 Å². The fraction of sp³-hybridized carbons (Fsp3) is 0.280. The van der Waals surface area contributed by atoms with Gasteiger partial charge in [-0.25, -0.2) is 9.07 Å². The number of aromatic nitrogens is 2. The highest BCUT2D eigenvalue weighted by atomic mass is 35.5. The highest BCUT2D eigenvalue weighted by Crippen LogP contribution is 2.40. The molecule has 1 amide bonds. The second-order valence-corrected chi connectivity index (χ2v) is 9.63. The number of benzene rings is 2. The van der Waals surface area contributed by atoms with E-state index in [9.17, 15) is 9.18 Å². The molecule has 2 atom stereocenters. The maximum atomic E-state index is 14.3. The van der Waals surface area contributed by atoms with Crippen molar-refractivity contribution < 1.29 is 9.18 Å². The van der Waals surface area contributed by atoms with E-state index in [4.69, 9.17) is 23.2 Å². The summed E-state index contributed by atoms with van der Waals surface area (Å²) in [7, 11) is 0. The van der Waals surface area contributed by atoms with E-state index in [-0.39, 0.29) is 11.7 Å². The monoisotopic (exact) mass is 499 g/mol. The lowest BCUT2D eigenvalue weighted by molar-refractivity contribution is -0.135. The summed E-state index contributed by atoms with van der Waals surface area (Å²) in [5.41, 5.74) is 2.33. The van der Waals surface area contributed by atoms with Gasteiger partial charge in [0, 0.05) is 31.4 Å². The predicted molar refractivity (Wildman–Crippen MR) is 131 cm³/mol. The molecule has 1 fully saturated rings. The molecule has 2 aliphatic heterocycles. The van der Waals surface area contributed by atoms with E-state index in [1.165, 1.54) is 12.1 Å². The summed E-state index contributed by atoms with van der Waals surface area (Å²) >= 11 is 12.5. The molecule has 0 aliphatic carbocycles. The van der Waals surface area contributed by atoms with Gasteiger partial charge in [-0.3, -0.25) is 4.79 Å². The number of piperazine rings is 1. The Balaban J connectivity index is 1.61. The third-order valence-electron chi connectivity index (χ3n) is 6.69. The largest absolute Gasteiger partial charge is 0.344 e. The first-order chi connectivity index (χ1) is 16.3. The lowest BCUT2D eigenvalue weighted by Gasteiger charge is -2.47. The number of halogens is 3. The van der Waals surface area contributed by atoms with E-state index in [1.807, 2.05) is 30.9 Å². The predicted octanol–water partition coefficient (Wildman–Crippen LogP) is 4.97. The van der Waals surface area contributed by atoms with Crippen LogP contribution in [0.1, 0.15) is 31.0 Å². The van der Waals surface area contributed by atoms with Crippen LogP contribution in [0.3, 0.4) is 0 Å². The van der Waals surface area contributed by atoms with Gasteiger partial charge in [0.15, 0.2) is 0 Å². The van der Waals surface area contributed by atoms with Gasteiger partial charge in [-0.05, 0) is 49.2 Å². The zero-order valence-corrected chi connectivity index (χ0v) is 20.3. The minimum atomic E-state index is -0.664. The Morgan fingerprint density at radius 2 is 1.91 bits per heavy atom. The van der Waals surface area contributed by atoms with Crippen LogP contribution in [0, 0.1) is 5.82 Å². The lowest BCUT2D eigenvalue weighted by atomic mass is 9.86. The van der Waals surface area contributed by atoms with E-state index >= 15 is 0 Å². The van der Waals surface area contributed by atoms with Gasteiger partial charge < -0.3 is 15.5 Å². The highest BCUT2D eigenvalue weighted by Gasteiger charge is 2.43. The van der Waals surface area contributed by atoms with E-state index in [2.05, 4.69) is 15.7 Å². The SMILES string of the molecule is CC1=C(C(=O)N2CCNCC2(C)c2ccc(F)cc2)C(c2ccc(Cl)c(Cl)c2)n2nccc2N1. The molecule has 2 unspecified atom stereocenters. The molecular weight excluding hydrogens is 476 g/mol. The summed E-state index contributed by atoms with van der Waals surface area (Å²) in [5, 5.41) is 12.1. The number of carbonyl (C=O) groups excluding carboxylic acids is 1. The molecule has 3 heterocycles. The molecule has 2 aromatic carbocycles. The number of fused-ring (bicyclic) bond motifs is 1. The van der Waals surface area contributed by atoms with Crippen LogP contribution in [0.2, 0.25) is 10.0 Å². The van der Waals surface area contributed by atoms with Crippen LogP contribution in [0.15, 0.2) is 66.0 Å². The Hall–Kier alpha value is -2.87. The van der Waals surface area contributed by atoms with Crippen molar-refractivity contribution in [1.82, 2.24) is 20.0 Å². The van der Waals surface area contributed by atoms with Gasteiger partial charge >= 0.3 is 0 Å². The molecule has 0 spiro atoms. The minimum Gasteiger partial charge on any atom is -0.344 e. The minimum absolute atomic E-state index is 0.115. The van der Waals surface area contributed by atoms with Crippen molar-refractivity contribution in [3.8, 4) is 0 Å². The van der Waals surface area contributed by atoms with Crippen molar-refractivity contribution in [2.45, 2.75) is 25.4 Å². The van der Waals surface area contributed by atoms with Crippen molar-refractivity contribution >= 4 is 34.9 Å². The number of amides is 1. The first kappa shape index (κ1) is 22.9. The molecule has 9 heteroatoms. The fourth-order valence-corrected chi connectivity index (χ4v) is 5.18. The molecule has 6 nitrogen and oxygen atoms in total. The topological polar surface area (TPSA) is 62.2 Å². The van der Waals surface area contributed by atoms with Crippen LogP contribution in [-0.2, 0) is 10.3 Å². The fourth-order valence-electron chi connectivity index (χ4n) is 4.88. The molecule has 0 bridgehead atoms. The quantitative estimate of drug-likeness (QED) is 0.534. The van der Waals surface area contributed by atoms with Crippen LogP contribution < -0.4 is 10.6 Å². The lowest BCUT2D eigenvalue weighted by Crippen LogP contribution is -2.60. The molecule has 2 N–H and O–H groups in total. The average molecular weight is 500 g/mol. The average Bonchev–Trinajstić information content (AvgIpc) is 3.28. The number of hydrogen-bond acceptors (Lipinski definition) is 4. The van der Waals surface area contributed by atoms with Crippen LogP contribution in [-0.4, -0.2) is 40.2 Å². The number of nitrogens with zero attached hydrogens (tertiary/aromatic N) is 3. The Kier molecular flexibility index (Phi) is 5.88. The first-order valence-electron chi connectivity index (χ1n) is 11.0. The summed E-state index contributed by atoms with van der Waals surface area (Å²) < 4.78 is 15.4. The van der Waals surface area contributed by atoms with Crippen molar-refractivity contribution in [3.05, 3.63) is 93.0 Å². The van der Waals surface area contributed by atoms with Gasteiger partial charge in [0.25, 0.3) is 5.91 Å². The second-order valence-electron chi connectivity index (χ2n) is 8.82. The molecule has 34 heavy (non-hydrogen) atoms. The van der Waals surface area contributed by atoms with Crippen LogP contribution in [0.25, 0.3) is 0 Å². The zero-order chi connectivity index (χ0) is 24.0. The Morgan fingerprint density at radius 1 is 1.15 bits per heavy atom. The van der Waals surface area contributed by atoms with Gasteiger partial charge in [0.2, 0.25) is 0 Å². The van der Waals surface area contributed by atoms with Gasteiger partial charge in [-0.1, -0.05) is 41.4 Å². The maximum absolute atomic E-state index is 14.3. The smallest absolute Gasteiger partial charge is 0.254 e. The maximum Gasteiger partial charge on any atom is 0.254 e. The van der Waals surface area contributed by atoms with Gasteiger partial charge in [0.05, 0.1) is 27.4 Å². The van der Waals surface area contributed by atoms with E-state index in [0.717, 1.165) is 22.6 Å². The molecule has 5 rings (SSSR count). The summed E-state index contributed by atoms with van der Waals surface area (Å²) in [6.45, 7) is 5.61. The zero-order valence-electron chi connectivity index (χ0n) is 18.8. The number of rotatable bonds is 3. The van der Waals surface area contributed by atoms with Gasteiger partial charge in [-0.15, -0.1) is 0 Å². The number of nitrogens with one attached hydrogen (secondary N) is 2. The molecule has 1 saturated heterocycles. The van der Waals surface area contributed by atoms with Crippen molar-refractivity contribution in [3.63, 3.8) is 0 Å². The van der Waals surface area contributed by atoms with Gasteiger partial charge in [-0.2, -0.15) is 5.10 Å². The van der Waals surface area contributed by atoms with Crippen molar-refractivity contribution in [2.75, 3.05) is 25.0 Å². The third kappa shape index (κ3) is 3.78. The van der Waals surface area contributed by atoms with Crippen molar-refractivity contribution in [1.29, 1.82) is 0 Å². The number of carbonyl (C=O) groups is 1. The standard InChI is InChI=1S/C25H24Cl2FN5O/c1-15-22(23(33-21(31-15)9-10-30-33)16-3-8-19(26)20(27)13-16)24(34)32-12-11-29-14-25(32,2)17-4-6-18(28)7-5-17/h3-10,13,23,29,31H,11-12,14H2,1-2H3. The molecule has 1 aromatic heterocycles. The summed E-state index contributed by atoms with van der Waals surface area (Å²) in [6.07, 6.45) is 1.70. The molecule has 0 radical (unpaired) electrons. The molecule has 3 aromatic rings. The Bertz CT molecular complexity index is 1290. The molecule has 2 aliphatic rings. The number of hydrogen-bond donors (Lipinski definition) is 2. The van der Waals surface area contributed by atoms with Crippen LogP contribution in [0.5, 0.6) is 0 Å². The first-order valence-corrected chi connectivity index (χ1v) is 11.8. The molecular formula is C25H24Cl2FN5O. The Labute approximate surface area is 207 Å². The van der Waals surface area contributed by atoms with Crippen molar-refractivity contribution in [2.24, 2.45) is 0 Å². The highest BCUT2D eigenvalue weighted by molar-refractivity contribution is 6.42. The summed E-state index contributed by atoms with van der Waals surface area (Å²) in [5.74, 6) is 0.359. The molecule has 0 saturated carbocycles.